The lowest BCUT2D eigenvalue weighted by Gasteiger charge is -2.19. The van der Waals surface area contributed by atoms with Crippen LogP contribution in [0.5, 0.6) is 0 Å². The lowest BCUT2D eigenvalue weighted by molar-refractivity contribution is -0.120. The number of hydrogen-bond donors (Lipinski definition) is 1. The first-order chi connectivity index (χ1) is 11.7. The van der Waals surface area contributed by atoms with Crippen LogP contribution in [-0.2, 0) is 4.79 Å². The van der Waals surface area contributed by atoms with Crippen molar-refractivity contribution < 1.29 is 4.79 Å². The van der Waals surface area contributed by atoms with Crippen LogP contribution in [0.25, 0.3) is 0 Å². The van der Waals surface area contributed by atoms with Gasteiger partial charge in [0.15, 0.2) is 0 Å². The van der Waals surface area contributed by atoms with Gasteiger partial charge in [0.2, 0.25) is 5.91 Å². The van der Waals surface area contributed by atoms with Crippen molar-refractivity contribution in [1.29, 1.82) is 0 Å². The van der Waals surface area contributed by atoms with Gasteiger partial charge in [0.1, 0.15) is 5.84 Å². The first-order valence-electron chi connectivity index (χ1n) is 8.31. The van der Waals surface area contributed by atoms with Crippen molar-refractivity contribution in [2.75, 3.05) is 0 Å². The second-order valence-electron chi connectivity index (χ2n) is 6.35. The van der Waals surface area contributed by atoms with Crippen LogP contribution in [0.2, 0.25) is 0 Å². The summed E-state index contributed by atoms with van der Waals surface area (Å²) < 4.78 is 0. The first kappa shape index (κ1) is 14.8. The Morgan fingerprint density at radius 2 is 1.58 bits per heavy atom. The van der Waals surface area contributed by atoms with E-state index in [2.05, 4.69) is 17.4 Å². The fourth-order valence-electron chi connectivity index (χ4n) is 3.02. The van der Waals surface area contributed by atoms with Gasteiger partial charge in [-0.3, -0.25) is 9.79 Å². The summed E-state index contributed by atoms with van der Waals surface area (Å²) in [7, 11) is 0. The molecule has 2 aromatic carbocycles. The second-order valence-corrected chi connectivity index (χ2v) is 6.35. The van der Waals surface area contributed by atoms with Gasteiger partial charge in [-0.25, -0.2) is 4.99 Å². The molecule has 1 N–H and O–H groups in total. The Balaban J connectivity index is 1.81. The highest BCUT2D eigenvalue weighted by Crippen LogP contribution is 2.35. The normalized spacial score (nSPS) is 19.6. The first-order valence-corrected chi connectivity index (χ1v) is 8.31. The van der Waals surface area contributed by atoms with Gasteiger partial charge in [-0.15, -0.1) is 0 Å². The Hall–Kier alpha value is -2.75. The molecule has 1 atom stereocenters. The van der Waals surface area contributed by atoms with Crippen LogP contribution in [0.3, 0.4) is 0 Å². The van der Waals surface area contributed by atoms with Gasteiger partial charge in [0, 0.05) is 11.6 Å². The minimum atomic E-state index is -0.138. The molecule has 0 aromatic heterocycles. The standard InChI is InChI=1S/C20H19N3O/c1-13-18(14-7-3-2-4-8-14)19(23-20(24)15-11-12-15)22-17-10-6-5-9-16(17)21-13/h2-10,15,18H,11-12H2,1H3,(H,22,23,24)/t18-/m0/s1. The van der Waals surface area contributed by atoms with Crippen LogP contribution < -0.4 is 5.32 Å². The molecule has 0 unspecified atom stereocenters. The summed E-state index contributed by atoms with van der Waals surface area (Å²) >= 11 is 0. The van der Waals surface area contributed by atoms with E-state index in [0.717, 1.165) is 35.5 Å². The molecule has 2 aliphatic rings. The van der Waals surface area contributed by atoms with Gasteiger partial charge < -0.3 is 5.32 Å². The largest absolute Gasteiger partial charge is 0.313 e. The number of amidine groups is 1. The third kappa shape index (κ3) is 2.87. The Bertz CT molecular complexity index is 835. The Kier molecular flexibility index (Phi) is 3.73. The molecule has 120 valence electrons. The molecule has 1 aliphatic carbocycles. The number of rotatable bonds is 2. The van der Waals surface area contributed by atoms with E-state index in [1.54, 1.807) is 0 Å². The van der Waals surface area contributed by atoms with Crippen LogP contribution in [0.4, 0.5) is 11.4 Å². The van der Waals surface area contributed by atoms with Gasteiger partial charge in [-0.1, -0.05) is 42.5 Å². The molecular formula is C20H19N3O. The summed E-state index contributed by atoms with van der Waals surface area (Å²) in [5, 5.41) is 3.07. The molecule has 4 rings (SSSR count). The van der Waals surface area contributed by atoms with Crippen molar-refractivity contribution in [1.82, 2.24) is 5.32 Å². The lowest BCUT2D eigenvalue weighted by atomic mass is 9.93. The van der Waals surface area contributed by atoms with E-state index >= 15 is 0 Å². The Labute approximate surface area is 141 Å². The maximum Gasteiger partial charge on any atom is 0.228 e. The smallest absolute Gasteiger partial charge is 0.228 e. The molecule has 1 amide bonds. The van der Waals surface area contributed by atoms with E-state index < -0.39 is 0 Å². The number of amides is 1. The minimum Gasteiger partial charge on any atom is -0.313 e. The minimum absolute atomic E-state index is 0.0712. The molecule has 1 aliphatic heterocycles. The molecular weight excluding hydrogens is 298 g/mol. The number of para-hydroxylation sites is 2. The molecule has 1 heterocycles. The lowest BCUT2D eigenvalue weighted by Crippen LogP contribution is -2.37. The highest BCUT2D eigenvalue weighted by molar-refractivity contribution is 6.17. The van der Waals surface area contributed by atoms with Crippen LogP contribution in [0, 0.1) is 5.92 Å². The highest BCUT2D eigenvalue weighted by atomic mass is 16.2. The van der Waals surface area contributed by atoms with E-state index in [4.69, 9.17) is 9.98 Å². The molecule has 4 nitrogen and oxygen atoms in total. The van der Waals surface area contributed by atoms with Crippen molar-refractivity contribution in [3.63, 3.8) is 0 Å². The number of benzene rings is 2. The van der Waals surface area contributed by atoms with Gasteiger partial charge in [-0.2, -0.15) is 0 Å². The molecule has 2 aromatic rings. The third-order valence-electron chi connectivity index (χ3n) is 4.44. The fourth-order valence-corrected chi connectivity index (χ4v) is 3.02. The Morgan fingerprint density at radius 3 is 2.25 bits per heavy atom. The molecule has 0 spiro atoms. The quantitative estimate of drug-likeness (QED) is 0.889. The predicted octanol–water partition coefficient (Wildman–Crippen LogP) is 4.13. The zero-order valence-corrected chi connectivity index (χ0v) is 13.6. The van der Waals surface area contributed by atoms with Crippen molar-refractivity contribution in [2.24, 2.45) is 15.9 Å². The maximum atomic E-state index is 12.3. The third-order valence-corrected chi connectivity index (χ3v) is 4.44. The number of fused-ring (bicyclic) bond motifs is 1. The molecule has 0 saturated heterocycles. The van der Waals surface area contributed by atoms with E-state index in [1.807, 2.05) is 49.4 Å². The van der Waals surface area contributed by atoms with Crippen molar-refractivity contribution >= 4 is 28.8 Å². The molecule has 24 heavy (non-hydrogen) atoms. The molecule has 0 radical (unpaired) electrons. The SMILES string of the molecule is CC1=Nc2ccccc2N=C(NC(=O)C2CC2)[C@@H]1c1ccccc1. The van der Waals surface area contributed by atoms with Crippen LogP contribution in [-0.4, -0.2) is 17.5 Å². The zero-order chi connectivity index (χ0) is 16.5. The average molecular weight is 317 g/mol. The summed E-state index contributed by atoms with van der Waals surface area (Å²) in [4.78, 5) is 21.9. The summed E-state index contributed by atoms with van der Waals surface area (Å²) in [6.45, 7) is 2.00. The van der Waals surface area contributed by atoms with Crippen LogP contribution in [0.15, 0.2) is 64.6 Å². The van der Waals surface area contributed by atoms with E-state index in [9.17, 15) is 4.79 Å². The molecule has 4 heteroatoms. The summed E-state index contributed by atoms with van der Waals surface area (Å²) in [6, 6.07) is 17.9. The monoisotopic (exact) mass is 317 g/mol. The number of hydrogen-bond acceptors (Lipinski definition) is 3. The maximum absolute atomic E-state index is 12.3. The molecule has 1 fully saturated rings. The number of carbonyl (C=O) groups is 1. The van der Waals surface area contributed by atoms with Gasteiger partial charge in [0.05, 0.1) is 17.3 Å². The van der Waals surface area contributed by atoms with Crippen molar-refractivity contribution in [3.05, 3.63) is 60.2 Å². The molecule has 1 saturated carbocycles. The number of nitrogens with zero attached hydrogens (tertiary/aromatic N) is 2. The second kappa shape index (κ2) is 6.04. The summed E-state index contributed by atoms with van der Waals surface area (Å²) in [5.41, 5.74) is 3.65. The van der Waals surface area contributed by atoms with E-state index in [0.29, 0.717) is 5.84 Å². The van der Waals surface area contributed by atoms with Crippen molar-refractivity contribution in [3.8, 4) is 0 Å². The van der Waals surface area contributed by atoms with Crippen LogP contribution >= 0.6 is 0 Å². The Morgan fingerprint density at radius 1 is 0.958 bits per heavy atom. The number of nitrogens with one attached hydrogen (secondary N) is 1. The number of carbonyl (C=O) groups excluding carboxylic acids is 1. The summed E-state index contributed by atoms with van der Waals surface area (Å²) in [6.07, 6.45) is 1.94. The van der Waals surface area contributed by atoms with E-state index in [1.165, 1.54) is 0 Å². The summed E-state index contributed by atoms with van der Waals surface area (Å²) in [5.74, 6) is 0.743. The average Bonchev–Trinajstić information content (AvgIpc) is 3.42. The van der Waals surface area contributed by atoms with E-state index in [-0.39, 0.29) is 17.7 Å². The van der Waals surface area contributed by atoms with Crippen LogP contribution in [0.1, 0.15) is 31.2 Å². The van der Waals surface area contributed by atoms with Gasteiger partial charge >= 0.3 is 0 Å². The van der Waals surface area contributed by atoms with Crippen molar-refractivity contribution in [2.45, 2.75) is 25.7 Å². The predicted molar refractivity (Wildman–Crippen MR) is 96.4 cm³/mol. The molecule has 0 bridgehead atoms. The number of aliphatic imine (C=N–C) groups is 2. The van der Waals surface area contributed by atoms with Gasteiger partial charge in [-0.05, 0) is 37.5 Å². The topological polar surface area (TPSA) is 53.8 Å². The highest BCUT2D eigenvalue weighted by Gasteiger charge is 2.33. The zero-order valence-electron chi connectivity index (χ0n) is 13.6. The van der Waals surface area contributed by atoms with Gasteiger partial charge in [0.25, 0.3) is 0 Å². The fraction of sp³-hybridized carbons (Fsp3) is 0.250.